The molecule has 0 fully saturated rings. The molecule has 0 unspecified atom stereocenters. The minimum Gasteiger partial charge on any atom is -0.238 e. The van der Waals surface area contributed by atoms with Crippen molar-refractivity contribution < 1.29 is 0 Å². The zero-order valence-corrected chi connectivity index (χ0v) is 30.5. The van der Waals surface area contributed by atoms with Gasteiger partial charge in [0, 0.05) is 45.9 Å². The number of hydrogen-bond donors (Lipinski definition) is 0. The Balaban J connectivity index is 1.01. The Morgan fingerprint density at radius 1 is 0.389 bits per heavy atom. The molecule has 54 heavy (non-hydrogen) atoms. The molecule has 0 aliphatic rings. The van der Waals surface area contributed by atoms with Crippen molar-refractivity contribution in [3.05, 3.63) is 187 Å². The molecule has 0 radical (unpaired) electrons. The van der Waals surface area contributed by atoms with Crippen molar-refractivity contribution >= 4 is 68.7 Å². The van der Waals surface area contributed by atoms with Gasteiger partial charge in [-0.15, -0.1) is 22.7 Å². The van der Waals surface area contributed by atoms with E-state index in [1.54, 1.807) is 0 Å². The molecule has 0 atom stereocenters. The monoisotopic (exact) mass is 720 g/mol. The Morgan fingerprint density at radius 2 is 0.833 bits per heavy atom. The molecule has 2 nitrogen and oxygen atoms in total. The lowest BCUT2D eigenvalue weighted by atomic mass is 9.91. The lowest BCUT2D eigenvalue weighted by molar-refractivity contribution is 1.47. The third kappa shape index (κ3) is 5.45. The predicted octanol–water partition coefficient (Wildman–Crippen LogP) is 15.2. The van der Waals surface area contributed by atoms with E-state index in [4.69, 9.17) is 6.57 Å². The minimum atomic E-state index is 0.622. The normalized spacial score (nSPS) is 11.3. The fourth-order valence-electron chi connectivity index (χ4n) is 7.65. The van der Waals surface area contributed by atoms with Gasteiger partial charge in [0.25, 0.3) is 0 Å². The average molecular weight is 721 g/mol. The first-order chi connectivity index (χ1) is 26.6. The van der Waals surface area contributed by atoms with E-state index in [1.807, 2.05) is 40.9 Å². The molecular weight excluding hydrogens is 693 g/mol. The summed E-state index contributed by atoms with van der Waals surface area (Å²) in [5.41, 5.74) is 11.6. The number of rotatable bonds is 5. The van der Waals surface area contributed by atoms with Gasteiger partial charge in [0.15, 0.2) is 5.69 Å². The van der Waals surface area contributed by atoms with Crippen LogP contribution in [0.2, 0.25) is 0 Å². The molecular formula is C50H28N2S2. The largest absolute Gasteiger partial charge is 0.238 e. The van der Waals surface area contributed by atoms with E-state index < -0.39 is 0 Å². The summed E-state index contributed by atoms with van der Waals surface area (Å²) < 4.78 is 5.09. The molecule has 250 valence electrons. The summed E-state index contributed by atoms with van der Waals surface area (Å²) in [5, 5.41) is 15.3. The summed E-state index contributed by atoms with van der Waals surface area (Å²) in [6, 6.07) is 62.0. The molecule has 0 aliphatic heterocycles. The smallest absolute Gasteiger partial charge is 0.194 e. The third-order valence-electron chi connectivity index (χ3n) is 10.4. The second-order valence-electron chi connectivity index (χ2n) is 13.5. The van der Waals surface area contributed by atoms with Crippen LogP contribution in [0.4, 0.5) is 5.69 Å². The van der Waals surface area contributed by atoms with Gasteiger partial charge in [0.2, 0.25) is 0 Å². The number of fused-ring (bicyclic) bond motifs is 6. The van der Waals surface area contributed by atoms with Crippen molar-refractivity contribution in [2.45, 2.75) is 0 Å². The van der Waals surface area contributed by atoms with E-state index in [9.17, 15) is 5.26 Å². The van der Waals surface area contributed by atoms with Crippen LogP contribution in [0.5, 0.6) is 0 Å². The van der Waals surface area contributed by atoms with Gasteiger partial charge < -0.3 is 0 Å². The number of nitriles is 1. The fourth-order valence-corrected chi connectivity index (χ4v) is 9.94. The number of hydrogen-bond acceptors (Lipinski definition) is 3. The van der Waals surface area contributed by atoms with Crippen molar-refractivity contribution in [1.29, 1.82) is 5.26 Å². The fraction of sp³-hybridized carbons (Fsp3) is 0. The molecule has 0 bridgehead atoms. The molecule has 2 aromatic heterocycles. The molecule has 0 spiro atoms. The minimum absolute atomic E-state index is 0.622. The molecule has 0 aliphatic carbocycles. The predicted molar refractivity (Wildman–Crippen MR) is 230 cm³/mol. The quantitative estimate of drug-likeness (QED) is 0.163. The molecule has 0 amide bonds. The first kappa shape index (κ1) is 31.9. The second-order valence-corrected chi connectivity index (χ2v) is 15.7. The standard InChI is InChI=1S/C50H28N2S2/c1-52-46-23-20-34(36-19-22-43-41-13-3-5-15-48(41)54-50(43)29-36)27-45(46)38-11-7-9-32(25-38)31-8-6-10-37(24-31)44-26-33(16-17-39(44)30-51)35-18-21-42-40-12-2-4-14-47(40)53-49(42)28-35/h2-29H. The molecule has 0 saturated heterocycles. The summed E-state index contributed by atoms with van der Waals surface area (Å²) >= 11 is 3.63. The zero-order valence-electron chi connectivity index (χ0n) is 28.9. The molecule has 4 heteroatoms. The number of thiophene rings is 2. The molecule has 2 heterocycles. The Hall–Kier alpha value is -6.82. The average Bonchev–Trinajstić information content (AvgIpc) is 3.81. The Labute approximate surface area is 320 Å². The van der Waals surface area contributed by atoms with Crippen molar-refractivity contribution in [3.8, 4) is 61.7 Å². The second kappa shape index (κ2) is 13.0. The van der Waals surface area contributed by atoms with E-state index in [1.165, 1.54) is 40.3 Å². The van der Waals surface area contributed by atoms with Crippen molar-refractivity contribution in [2.24, 2.45) is 0 Å². The molecule has 8 aromatic carbocycles. The van der Waals surface area contributed by atoms with Gasteiger partial charge in [-0.1, -0.05) is 121 Å². The van der Waals surface area contributed by atoms with Gasteiger partial charge in [-0.3, -0.25) is 0 Å². The van der Waals surface area contributed by atoms with Crippen molar-refractivity contribution in [2.75, 3.05) is 0 Å². The highest BCUT2D eigenvalue weighted by molar-refractivity contribution is 7.26. The summed E-state index contributed by atoms with van der Waals surface area (Å²) in [5.74, 6) is 0. The van der Waals surface area contributed by atoms with Crippen LogP contribution in [0, 0.1) is 17.9 Å². The van der Waals surface area contributed by atoms with E-state index in [2.05, 4.69) is 163 Å². The topological polar surface area (TPSA) is 28.1 Å². The number of nitrogens with zero attached hydrogens (tertiary/aromatic N) is 2. The molecule has 0 N–H and O–H groups in total. The third-order valence-corrected chi connectivity index (χ3v) is 12.6. The van der Waals surface area contributed by atoms with Gasteiger partial charge in [0.1, 0.15) is 0 Å². The molecule has 10 aromatic rings. The van der Waals surface area contributed by atoms with Gasteiger partial charge in [0.05, 0.1) is 18.2 Å². The van der Waals surface area contributed by atoms with Crippen molar-refractivity contribution in [1.82, 2.24) is 0 Å². The zero-order chi connectivity index (χ0) is 36.2. The summed E-state index contributed by atoms with van der Waals surface area (Å²) in [7, 11) is 0. The highest BCUT2D eigenvalue weighted by Gasteiger charge is 2.14. The van der Waals surface area contributed by atoms with E-state index in [0.29, 0.717) is 11.3 Å². The maximum atomic E-state index is 10.2. The van der Waals surface area contributed by atoms with Crippen LogP contribution >= 0.6 is 22.7 Å². The first-order valence-corrected chi connectivity index (χ1v) is 19.4. The maximum Gasteiger partial charge on any atom is 0.194 e. The van der Waals surface area contributed by atoms with Crippen LogP contribution in [0.25, 0.3) is 101 Å². The van der Waals surface area contributed by atoms with Crippen LogP contribution in [0.1, 0.15) is 5.56 Å². The van der Waals surface area contributed by atoms with Crippen LogP contribution < -0.4 is 0 Å². The molecule has 0 saturated carbocycles. The summed E-state index contributed by atoms with van der Waals surface area (Å²) in [6.07, 6.45) is 0. The van der Waals surface area contributed by atoms with E-state index in [-0.39, 0.29) is 0 Å². The van der Waals surface area contributed by atoms with E-state index >= 15 is 0 Å². The first-order valence-electron chi connectivity index (χ1n) is 17.7. The number of benzene rings is 8. The van der Waals surface area contributed by atoms with Gasteiger partial charge in [-0.05, 0) is 98.6 Å². The Kier molecular flexibility index (Phi) is 7.67. The molecule has 10 rings (SSSR count). The lowest BCUT2D eigenvalue weighted by Crippen LogP contribution is -1.89. The lowest BCUT2D eigenvalue weighted by Gasteiger charge is -2.12. The van der Waals surface area contributed by atoms with Gasteiger partial charge in [-0.2, -0.15) is 5.26 Å². The van der Waals surface area contributed by atoms with Crippen LogP contribution in [0.15, 0.2) is 170 Å². The maximum absolute atomic E-state index is 10.2. The van der Waals surface area contributed by atoms with Crippen LogP contribution in [0.3, 0.4) is 0 Å². The Morgan fingerprint density at radius 3 is 1.41 bits per heavy atom. The highest BCUT2D eigenvalue weighted by Crippen LogP contribution is 2.41. The van der Waals surface area contributed by atoms with Crippen LogP contribution in [-0.4, -0.2) is 0 Å². The Bertz CT molecular complexity index is 2990. The van der Waals surface area contributed by atoms with E-state index in [0.717, 1.165) is 55.6 Å². The van der Waals surface area contributed by atoms with Gasteiger partial charge >= 0.3 is 0 Å². The highest BCUT2D eigenvalue weighted by atomic mass is 32.1. The van der Waals surface area contributed by atoms with Crippen molar-refractivity contribution in [3.63, 3.8) is 0 Å². The summed E-state index contributed by atoms with van der Waals surface area (Å²) in [4.78, 5) is 3.92. The SMILES string of the molecule is [C-]#[N+]c1ccc(-c2ccc3c(c2)sc2ccccc23)cc1-c1cccc(-c2cccc(-c3cc(-c4ccc5c(c4)sc4ccccc45)ccc3C#N)c2)c1. The summed E-state index contributed by atoms with van der Waals surface area (Å²) in [6.45, 7) is 8.00. The van der Waals surface area contributed by atoms with Crippen LogP contribution in [-0.2, 0) is 0 Å². The van der Waals surface area contributed by atoms with Gasteiger partial charge in [-0.25, -0.2) is 4.85 Å².